The molecule has 76 valence electrons. The normalized spacial score (nSPS) is 17.9. The lowest BCUT2D eigenvalue weighted by Crippen LogP contribution is -2.15. The molecule has 0 saturated heterocycles. The summed E-state index contributed by atoms with van der Waals surface area (Å²) in [6.07, 6.45) is 9.21. The summed E-state index contributed by atoms with van der Waals surface area (Å²) < 4.78 is 0. The Morgan fingerprint density at radius 2 is 2.43 bits per heavy atom. The monoisotopic (exact) mass is 191 g/mol. The van der Waals surface area contributed by atoms with E-state index in [9.17, 15) is 0 Å². The minimum Gasteiger partial charge on any atom is -0.405 e. The van der Waals surface area contributed by atoms with Crippen LogP contribution in [0.5, 0.6) is 0 Å². The van der Waals surface area contributed by atoms with Crippen LogP contribution in [-0.2, 0) is 0 Å². The van der Waals surface area contributed by atoms with Gasteiger partial charge in [-0.25, -0.2) is 0 Å². The van der Waals surface area contributed by atoms with Crippen LogP contribution >= 0.6 is 0 Å². The quantitative estimate of drug-likeness (QED) is 0.682. The molecule has 0 aliphatic carbocycles. The van der Waals surface area contributed by atoms with Crippen LogP contribution < -0.4 is 5.73 Å². The van der Waals surface area contributed by atoms with E-state index in [1.807, 2.05) is 26.1 Å². The predicted octanol–water partition coefficient (Wildman–Crippen LogP) is 2.06. The van der Waals surface area contributed by atoms with Gasteiger partial charge in [-0.15, -0.1) is 0 Å². The molecule has 1 aliphatic rings. The van der Waals surface area contributed by atoms with Gasteiger partial charge in [0.25, 0.3) is 0 Å². The van der Waals surface area contributed by atoms with Gasteiger partial charge in [0.1, 0.15) is 0 Å². The minimum absolute atomic E-state index is 0.273. The highest BCUT2D eigenvalue weighted by atomic mass is 14.8. The van der Waals surface area contributed by atoms with Crippen LogP contribution in [0, 0.1) is 0 Å². The standard InChI is InChI=1S/C11H17N3/c1-9(2)14-11(6-7-12)10-5-3-4-8-13-10/h4,6-9H,3,5,12H2,1-2H3/b7-6-,14-11?. The van der Waals surface area contributed by atoms with Gasteiger partial charge >= 0.3 is 0 Å². The minimum atomic E-state index is 0.273. The Morgan fingerprint density at radius 1 is 1.64 bits per heavy atom. The first-order valence-electron chi connectivity index (χ1n) is 4.92. The first-order valence-corrected chi connectivity index (χ1v) is 4.92. The number of nitrogens with zero attached hydrogens (tertiary/aromatic N) is 2. The molecule has 14 heavy (non-hydrogen) atoms. The molecule has 3 heteroatoms. The highest BCUT2D eigenvalue weighted by molar-refractivity contribution is 6.46. The molecule has 1 heterocycles. The molecule has 0 amide bonds. The van der Waals surface area contributed by atoms with Gasteiger partial charge in [-0.3, -0.25) is 9.98 Å². The van der Waals surface area contributed by atoms with Crippen LogP contribution in [0.4, 0.5) is 0 Å². The van der Waals surface area contributed by atoms with E-state index in [0.717, 1.165) is 24.3 Å². The fraction of sp³-hybridized carbons (Fsp3) is 0.455. The van der Waals surface area contributed by atoms with Gasteiger partial charge in [0.15, 0.2) is 0 Å². The topological polar surface area (TPSA) is 50.7 Å². The van der Waals surface area contributed by atoms with Crippen molar-refractivity contribution in [3.63, 3.8) is 0 Å². The molecule has 2 N–H and O–H groups in total. The number of aliphatic imine (C=N–C) groups is 2. The van der Waals surface area contributed by atoms with Crippen LogP contribution in [0.25, 0.3) is 0 Å². The summed E-state index contributed by atoms with van der Waals surface area (Å²) in [7, 11) is 0. The van der Waals surface area contributed by atoms with Gasteiger partial charge < -0.3 is 5.73 Å². The summed E-state index contributed by atoms with van der Waals surface area (Å²) in [4.78, 5) is 8.78. The molecular formula is C11H17N3. The lowest BCUT2D eigenvalue weighted by atomic mass is 10.1. The molecule has 0 unspecified atom stereocenters. The van der Waals surface area contributed by atoms with E-state index in [1.165, 1.54) is 6.20 Å². The van der Waals surface area contributed by atoms with Gasteiger partial charge in [0.05, 0.1) is 11.4 Å². The van der Waals surface area contributed by atoms with Gasteiger partial charge in [-0.2, -0.15) is 0 Å². The number of rotatable bonds is 3. The fourth-order valence-corrected chi connectivity index (χ4v) is 1.28. The highest BCUT2D eigenvalue weighted by Crippen LogP contribution is 2.06. The molecule has 0 radical (unpaired) electrons. The van der Waals surface area contributed by atoms with Crippen molar-refractivity contribution in [1.82, 2.24) is 0 Å². The second kappa shape index (κ2) is 5.37. The Morgan fingerprint density at radius 3 is 2.93 bits per heavy atom. The molecule has 3 nitrogen and oxygen atoms in total. The lowest BCUT2D eigenvalue weighted by molar-refractivity contribution is 0.838. The van der Waals surface area contributed by atoms with Crippen LogP contribution in [0.15, 0.2) is 34.5 Å². The van der Waals surface area contributed by atoms with Crippen molar-refractivity contribution in [3.8, 4) is 0 Å². The predicted molar refractivity (Wildman–Crippen MR) is 61.7 cm³/mol. The van der Waals surface area contributed by atoms with Crippen LogP contribution in [-0.4, -0.2) is 17.5 Å². The molecule has 1 aliphatic heterocycles. The molecule has 0 bridgehead atoms. The highest BCUT2D eigenvalue weighted by Gasteiger charge is 2.07. The molecule has 1 rings (SSSR count). The van der Waals surface area contributed by atoms with E-state index in [-0.39, 0.29) is 6.04 Å². The Balaban J connectivity index is 2.87. The first-order chi connectivity index (χ1) is 6.74. The van der Waals surface area contributed by atoms with Crippen molar-refractivity contribution in [3.05, 3.63) is 24.6 Å². The molecule has 0 aromatic heterocycles. The lowest BCUT2D eigenvalue weighted by Gasteiger charge is -2.09. The zero-order valence-corrected chi connectivity index (χ0v) is 8.77. The van der Waals surface area contributed by atoms with Crippen LogP contribution in [0.2, 0.25) is 0 Å². The summed E-state index contributed by atoms with van der Waals surface area (Å²) in [5, 5.41) is 0. The Hall–Kier alpha value is -1.38. The number of allylic oxidation sites excluding steroid dienone is 2. The Bertz CT molecular complexity index is 296. The van der Waals surface area contributed by atoms with E-state index in [1.54, 1.807) is 0 Å². The summed E-state index contributed by atoms with van der Waals surface area (Å²) >= 11 is 0. The second-order valence-corrected chi connectivity index (χ2v) is 3.47. The average Bonchev–Trinajstić information content (AvgIpc) is 2.18. The molecule has 0 atom stereocenters. The largest absolute Gasteiger partial charge is 0.405 e. The van der Waals surface area contributed by atoms with Crippen LogP contribution in [0.1, 0.15) is 26.7 Å². The molecule has 0 spiro atoms. The average molecular weight is 191 g/mol. The van der Waals surface area contributed by atoms with E-state index in [2.05, 4.69) is 16.1 Å². The molecule has 0 aromatic carbocycles. The maximum atomic E-state index is 5.38. The second-order valence-electron chi connectivity index (χ2n) is 3.47. The van der Waals surface area contributed by atoms with Crippen molar-refractivity contribution in [2.45, 2.75) is 32.7 Å². The first kappa shape index (κ1) is 10.7. The van der Waals surface area contributed by atoms with Crippen molar-refractivity contribution >= 4 is 11.4 Å². The molecule has 0 saturated carbocycles. The van der Waals surface area contributed by atoms with E-state index >= 15 is 0 Å². The summed E-state index contributed by atoms with van der Waals surface area (Å²) in [5.41, 5.74) is 7.32. The third-order valence-electron chi connectivity index (χ3n) is 1.83. The molecule has 0 aromatic rings. The summed E-state index contributed by atoms with van der Waals surface area (Å²) in [6, 6.07) is 0.273. The van der Waals surface area contributed by atoms with Gasteiger partial charge in [-0.05, 0) is 39.0 Å². The van der Waals surface area contributed by atoms with E-state index in [0.29, 0.717) is 0 Å². The van der Waals surface area contributed by atoms with Gasteiger partial charge in [-0.1, -0.05) is 6.08 Å². The molecule has 0 fully saturated rings. The zero-order chi connectivity index (χ0) is 10.4. The van der Waals surface area contributed by atoms with E-state index in [4.69, 9.17) is 5.73 Å². The smallest absolute Gasteiger partial charge is 0.0806 e. The number of hydrogen-bond acceptors (Lipinski definition) is 3. The van der Waals surface area contributed by atoms with Crippen molar-refractivity contribution in [2.24, 2.45) is 15.7 Å². The summed E-state index contributed by atoms with van der Waals surface area (Å²) in [6.45, 7) is 4.09. The summed E-state index contributed by atoms with van der Waals surface area (Å²) in [5.74, 6) is 0. The van der Waals surface area contributed by atoms with Gasteiger partial charge in [0.2, 0.25) is 0 Å². The Labute approximate surface area is 85.1 Å². The maximum Gasteiger partial charge on any atom is 0.0806 e. The zero-order valence-electron chi connectivity index (χ0n) is 8.77. The fourth-order valence-electron chi connectivity index (χ4n) is 1.28. The molecular weight excluding hydrogens is 174 g/mol. The van der Waals surface area contributed by atoms with Gasteiger partial charge in [0, 0.05) is 12.2 Å². The maximum absolute atomic E-state index is 5.38. The van der Waals surface area contributed by atoms with Crippen molar-refractivity contribution in [2.75, 3.05) is 0 Å². The number of hydrogen-bond donors (Lipinski definition) is 1. The SMILES string of the molecule is CC(C)N=C(/C=C\N)C1=NC=CCC1. The van der Waals surface area contributed by atoms with E-state index < -0.39 is 0 Å². The van der Waals surface area contributed by atoms with Crippen molar-refractivity contribution < 1.29 is 0 Å². The van der Waals surface area contributed by atoms with Crippen molar-refractivity contribution in [1.29, 1.82) is 0 Å². The van der Waals surface area contributed by atoms with Crippen LogP contribution in [0.3, 0.4) is 0 Å². The number of nitrogens with two attached hydrogens (primary N) is 1. The third kappa shape index (κ3) is 3.17. The Kier molecular flexibility index (Phi) is 4.11. The third-order valence-corrected chi connectivity index (χ3v) is 1.83.